The smallest absolute Gasteiger partial charge is 0.251 e. The quantitative estimate of drug-likeness (QED) is 0.782. The van der Waals surface area contributed by atoms with Crippen LogP contribution in [0.1, 0.15) is 10.4 Å². The van der Waals surface area contributed by atoms with Gasteiger partial charge in [-0.15, -0.1) is 0 Å². The lowest BCUT2D eigenvalue weighted by molar-refractivity contribution is 0.0947. The Kier molecular flexibility index (Phi) is 5.33. The Morgan fingerprint density at radius 2 is 2.05 bits per heavy atom. The first kappa shape index (κ1) is 15.9. The summed E-state index contributed by atoms with van der Waals surface area (Å²) in [6.45, 7) is 5.29. The van der Waals surface area contributed by atoms with E-state index in [2.05, 4.69) is 15.5 Å². The predicted octanol–water partition coefficient (Wildman–Crippen LogP) is -0.275. The summed E-state index contributed by atoms with van der Waals surface area (Å²) >= 11 is 0. The molecule has 0 bridgehead atoms. The van der Waals surface area contributed by atoms with Crippen LogP contribution in [0.15, 0.2) is 29.2 Å². The lowest BCUT2D eigenvalue weighted by Crippen LogP contribution is -2.46. The Morgan fingerprint density at radius 1 is 1.33 bits per heavy atom. The van der Waals surface area contributed by atoms with Gasteiger partial charge in [-0.2, -0.15) is 0 Å². The van der Waals surface area contributed by atoms with Crippen LogP contribution in [0.3, 0.4) is 0 Å². The third kappa shape index (κ3) is 4.80. The summed E-state index contributed by atoms with van der Waals surface area (Å²) in [5, 5.41) is 6.10. The van der Waals surface area contributed by atoms with Gasteiger partial charge in [0, 0.05) is 51.1 Å². The maximum Gasteiger partial charge on any atom is 0.251 e. The topological polar surface area (TPSA) is 78.5 Å². The largest absolute Gasteiger partial charge is 0.351 e. The molecule has 6 nitrogen and oxygen atoms in total. The number of carbonyl (C=O) groups excluding carboxylic acids is 1. The van der Waals surface area contributed by atoms with Crippen LogP contribution in [-0.2, 0) is 9.84 Å². The number of benzene rings is 1. The summed E-state index contributed by atoms with van der Waals surface area (Å²) in [6, 6.07) is 6.11. The first-order chi connectivity index (χ1) is 9.97. The highest BCUT2D eigenvalue weighted by molar-refractivity contribution is 7.90. The van der Waals surface area contributed by atoms with E-state index in [0.29, 0.717) is 12.1 Å². The molecule has 0 aromatic heterocycles. The molecular formula is C14H21N3O3S. The van der Waals surface area contributed by atoms with Gasteiger partial charge in [-0.3, -0.25) is 9.69 Å². The van der Waals surface area contributed by atoms with Crippen molar-refractivity contribution in [2.24, 2.45) is 0 Å². The zero-order chi connectivity index (χ0) is 15.3. The average Bonchev–Trinajstić information content (AvgIpc) is 2.47. The molecular weight excluding hydrogens is 290 g/mol. The van der Waals surface area contributed by atoms with Crippen molar-refractivity contribution >= 4 is 15.7 Å². The number of rotatable bonds is 5. The fourth-order valence-electron chi connectivity index (χ4n) is 2.23. The lowest BCUT2D eigenvalue weighted by Gasteiger charge is -2.27. The monoisotopic (exact) mass is 311 g/mol. The maximum atomic E-state index is 12.0. The Bertz CT molecular complexity index is 595. The summed E-state index contributed by atoms with van der Waals surface area (Å²) in [4.78, 5) is 14.5. The molecule has 7 heteroatoms. The van der Waals surface area contributed by atoms with E-state index >= 15 is 0 Å². The molecule has 1 heterocycles. The van der Waals surface area contributed by atoms with Crippen LogP contribution in [0.2, 0.25) is 0 Å². The van der Waals surface area contributed by atoms with Crippen molar-refractivity contribution in [3.05, 3.63) is 29.8 Å². The second kappa shape index (κ2) is 7.02. The van der Waals surface area contributed by atoms with Gasteiger partial charge in [0.1, 0.15) is 0 Å². The van der Waals surface area contributed by atoms with Gasteiger partial charge in [-0.05, 0) is 18.2 Å². The number of carbonyl (C=O) groups is 1. The van der Waals surface area contributed by atoms with Gasteiger partial charge in [0.15, 0.2) is 9.84 Å². The highest BCUT2D eigenvalue weighted by Gasteiger charge is 2.12. The second-order valence-electron chi connectivity index (χ2n) is 5.15. The van der Waals surface area contributed by atoms with Crippen LogP contribution >= 0.6 is 0 Å². The second-order valence-corrected chi connectivity index (χ2v) is 7.16. The van der Waals surface area contributed by atoms with Crippen molar-refractivity contribution in [1.29, 1.82) is 0 Å². The number of hydrogen-bond donors (Lipinski definition) is 2. The molecule has 1 aromatic rings. The molecule has 1 aliphatic rings. The van der Waals surface area contributed by atoms with Gasteiger partial charge < -0.3 is 10.6 Å². The average molecular weight is 311 g/mol. The predicted molar refractivity (Wildman–Crippen MR) is 81.2 cm³/mol. The fourth-order valence-corrected chi connectivity index (χ4v) is 2.90. The Labute approximate surface area is 125 Å². The normalized spacial score (nSPS) is 16.6. The zero-order valence-electron chi connectivity index (χ0n) is 12.1. The number of piperazine rings is 1. The van der Waals surface area contributed by atoms with Crippen molar-refractivity contribution in [3.63, 3.8) is 0 Å². The van der Waals surface area contributed by atoms with Crippen molar-refractivity contribution in [2.75, 3.05) is 45.5 Å². The minimum Gasteiger partial charge on any atom is -0.351 e. The van der Waals surface area contributed by atoms with Crippen LogP contribution in [0, 0.1) is 0 Å². The number of hydrogen-bond acceptors (Lipinski definition) is 5. The molecule has 21 heavy (non-hydrogen) atoms. The maximum absolute atomic E-state index is 12.0. The van der Waals surface area contributed by atoms with Gasteiger partial charge in [0.25, 0.3) is 5.91 Å². The van der Waals surface area contributed by atoms with Gasteiger partial charge in [0.2, 0.25) is 0 Å². The van der Waals surface area contributed by atoms with Crippen LogP contribution in [0.25, 0.3) is 0 Å². The Hall–Kier alpha value is -1.44. The van der Waals surface area contributed by atoms with Crippen LogP contribution in [0.5, 0.6) is 0 Å². The summed E-state index contributed by atoms with van der Waals surface area (Å²) < 4.78 is 23.0. The number of nitrogens with one attached hydrogen (secondary N) is 2. The van der Waals surface area contributed by atoms with Crippen molar-refractivity contribution in [2.45, 2.75) is 4.90 Å². The van der Waals surface area contributed by atoms with Crippen molar-refractivity contribution in [3.8, 4) is 0 Å². The van der Waals surface area contributed by atoms with Crippen LogP contribution in [0.4, 0.5) is 0 Å². The summed E-state index contributed by atoms with van der Waals surface area (Å²) in [5.41, 5.74) is 0.373. The summed E-state index contributed by atoms with van der Waals surface area (Å²) in [7, 11) is -3.29. The highest BCUT2D eigenvalue weighted by Crippen LogP contribution is 2.11. The van der Waals surface area contributed by atoms with Gasteiger partial charge in [-0.1, -0.05) is 6.07 Å². The zero-order valence-corrected chi connectivity index (χ0v) is 12.9. The summed E-state index contributed by atoms with van der Waals surface area (Å²) in [6.07, 6.45) is 1.13. The van der Waals surface area contributed by atoms with E-state index in [1.807, 2.05) is 0 Å². The molecule has 1 fully saturated rings. The van der Waals surface area contributed by atoms with Crippen molar-refractivity contribution in [1.82, 2.24) is 15.5 Å². The first-order valence-electron chi connectivity index (χ1n) is 6.98. The SMILES string of the molecule is CS(=O)(=O)c1cccc(C(=O)NCCN2CCNCC2)c1. The molecule has 0 atom stereocenters. The first-order valence-corrected chi connectivity index (χ1v) is 8.87. The number of sulfone groups is 1. The van der Waals surface area contributed by atoms with E-state index in [0.717, 1.165) is 39.0 Å². The molecule has 0 saturated carbocycles. The van der Waals surface area contributed by atoms with Crippen LogP contribution in [-0.4, -0.2) is 64.7 Å². The lowest BCUT2D eigenvalue weighted by atomic mass is 10.2. The fraction of sp³-hybridized carbons (Fsp3) is 0.500. The highest BCUT2D eigenvalue weighted by atomic mass is 32.2. The Morgan fingerprint density at radius 3 is 2.71 bits per heavy atom. The molecule has 0 unspecified atom stereocenters. The molecule has 116 valence electrons. The molecule has 0 spiro atoms. The van der Waals surface area contributed by atoms with E-state index in [4.69, 9.17) is 0 Å². The standard InChI is InChI=1S/C14H21N3O3S/c1-21(19,20)13-4-2-3-12(11-13)14(18)16-7-10-17-8-5-15-6-9-17/h2-4,11,15H,5-10H2,1H3,(H,16,18). The minimum absolute atomic E-state index is 0.164. The number of nitrogens with zero attached hydrogens (tertiary/aromatic N) is 1. The van der Waals surface area contributed by atoms with E-state index in [1.165, 1.54) is 12.1 Å². The third-order valence-corrected chi connectivity index (χ3v) is 4.56. The molecule has 2 rings (SSSR count). The van der Waals surface area contributed by atoms with E-state index in [9.17, 15) is 13.2 Å². The van der Waals surface area contributed by atoms with Gasteiger partial charge in [-0.25, -0.2) is 8.42 Å². The molecule has 1 aliphatic heterocycles. The molecule has 1 aromatic carbocycles. The van der Waals surface area contributed by atoms with Crippen molar-refractivity contribution < 1.29 is 13.2 Å². The number of amides is 1. The molecule has 2 N–H and O–H groups in total. The van der Waals surface area contributed by atoms with Crippen LogP contribution < -0.4 is 10.6 Å². The minimum atomic E-state index is -3.29. The van der Waals surface area contributed by atoms with Gasteiger partial charge >= 0.3 is 0 Å². The van der Waals surface area contributed by atoms with E-state index in [-0.39, 0.29) is 10.8 Å². The Balaban J connectivity index is 1.88. The molecule has 0 aliphatic carbocycles. The third-order valence-electron chi connectivity index (χ3n) is 3.45. The van der Waals surface area contributed by atoms with Gasteiger partial charge in [0.05, 0.1) is 4.90 Å². The molecule has 0 radical (unpaired) electrons. The van der Waals surface area contributed by atoms with E-state index < -0.39 is 9.84 Å². The molecule has 1 amide bonds. The molecule has 1 saturated heterocycles. The summed E-state index contributed by atoms with van der Waals surface area (Å²) in [5.74, 6) is -0.240. The van der Waals surface area contributed by atoms with E-state index in [1.54, 1.807) is 12.1 Å².